The number of carbonyl (C=O) groups is 3. The number of carbonyl (C=O) groups excluding carboxylic acids is 2. The van der Waals surface area contributed by atoms with Gasteiger partial charge in [-0.2, -0.15) is 0 Å². The summed E-state index contributed by atoms with van der Waals surface area (Å²) in [4.78, 5) is 40.6. The summed E-state index contributed by atoms with van der Waals surface area (Å²) in [5.74, 6) is -1.67. The van der Waals surface area contributed by atoms with Gasteiger partial charge in [-0.05, 0) is 47.2 Å². The van der Waals surface area contributed by atoms with Gasteiger partial charge >= 0.3 is 12.1 Å². The van der Waals surface area contributed by atoms with Crippen LogP contribution >= 0.6 is 0 Å². The van der Waals surface area contributed by atoms with Gasteiger partial charge in [0.25, 0.3) is 0 Å². The van der Waals surface area contributed by atoms with E-state index in [4.69, 9.17) is 9.84 Å². The Morgan fingerprint density at radius 1 is 1.00 bits per heavy atom. The van der Waals surface area contributed by atoms with Crippen molar-refractivity contribution in [2.45, 2.75) is 38.3 Å². The molecule has 1 aliphatic rings. The van der Waals surface area contributed by atoms with Gasteiger partial charge in [-0.3, -0.25) is 14.6 Å². The van der Waals surface area contributed by atoms with Crippen LogP contribution in [0.15, 0.2) is 66.9 Å². The summed E-state index contributed by atoms with van der Waals surface area (Å²) in [6.07, 6.45) is 0.584. The number of benzene rings is 2. The molecule has 3 N–H and O–H groups in total. The zero-order chi connectivity index (χ0) is 24.8. The predicted octanol–water partition coefficient (Wildman–Crippen LogP) is 3.78. The summed E-state index contributed by atoms with van der Waals surface area (Å²) < 4.78 is 5.51. The molecular weight excluding hydrogens is 446 g/mol. The van der Waals surface area contributed by atoms with Gasteiger partial charge in [0.1, 0.15) is 12.6 Å². The van der Waals surface area contributed by atoms with Crippen molar-refractivity contribution in [3.8, 4) is 11.1 Å². The Balaban J connectivity index is 1.38. The lowest BCUT2D eigenvalue weighted by molar-refractivity contribution is -0.137. The Hall–Kier alpha value is -4.20. The third-order valence-electron chi connectivity index (χ3n) is 6.02. The number of amides is 2. The second-order valence-electron chi connectivity index (χ2n) is 8.50. The van der Waals surface area contributed by atoms with Crippen LogP contribution in [0.5, 0.6) is 0 Å². The lowest BCUT2D eigenvalue weighted by atomic mass is 9.98. The fourth-order valence-corrected chi connectivity index (χ4v) is 4.22. The Kier molecular flexibility index (Phi) is 7.40. The van der Waals surface area contributed by atoms with E-state index in [1.54, 1.807) is 12.3 Å². The van der Waals surface area contributed by atoms with Crippen molar-refractivity contribution in [2.75, 3.05) is 6.61 Å². The molecule has 2 aromatic carbocycles. The van der Waals surface area contributed by atoms with E-state index in [0.717, 1.165) is 27.8 Å². The maximum absolute atomic E-state index is 12.7. The first-order valence-electron chi connectivity index (χ1n) is 11.4. The number of aliphatic carboxylic acids is 1. The molecule has 0 radical (unpaired) electrons. The molecule has 35 heavy (non-hydrogen) atoms. The second-order valence-corrected chi connectivity index (χ2v) is 8.50. The monoisotopic (exact) mass is 473 g/mol. The van der Waals surface area contributed by atoms with Gasteiger partial charge in [0.15, 0.2) is 0 Å². The van der Waals surface area contributed by atoms with E-state index in [9.17, 15) is 14.4 Å². The molecule has 1 unspecified atom stereocenters. The highest BCUT2D eigenvalue weighted by atomic mass is 16.5. The molecule has 0 bridgehead atoms. The number of pyridine rings is 1. The molecule has 1 heterocycles. The number of fused-ring (bicyclic) bond motifs is 3. The van der Waals surface area contributed by atoms with Crippen molar-refractivity contribution in [3.63, 3.8) is 0 Å². The highest BCUT2D eigenvalue weighted by Gasteiger charge is 2.30. The third kappa shape index (κ3) is 5.84. The van der Waals surface area contributed by atoms with Crippen LogP contribution in [-0.4, -0.2) is 40.7 Å². The lowest BCUT2D eigenvalue weighted by Gasteiger charge is -2.19. The molecule has 0 spiro atoms. The topological polar surface area (TPSA) is 118 Å². The number of aryl methyl sites for hydroxylation is 1. The molecule has 3 aromatic rings. The summed E-state index contributed by atoms with van der Waals surface area (Å²) in [6.45, 7) is 2.17. The van der Waals surface area contributed by atoms with Crippen LogP contribution in [0, 0.1) is 6.92 Å². The highest BCUT2D eigenvalue weighted by Crippen LogP contribution is 2.44. The number of ether oxygens (including phenoxy) is 1. The molecule has 4 rings (SSSR count). The van der Waals surface area contributed by atoms with Crippen molar-refractivity contribution in [1.82, 2.24) is 15.6 Å². The number of alkyl carbamates (subject to hydrolysis) is 1. The number of hydrogen-bond donors (Lipinski definition) is 3. The maximum atomic E-state index is 12.7. The smallest absolute Gasteiger partial charge is 0.407 e. The summed E-state index contributed by atoms with van der Waals surface area (Å²) >= 11 is 0. The molecular formula is C27H27N3O5. The molecule has 0 aliphatic heterocycles. The standard InChI is InChI=1S/C27H27N3O5/c1-17-10-11-18(28-14-17)15-29-26(33)24(12-13-25(31)32)30-27(34)35-16-23-21-8-4-2-6-19(21)20-7-3-5-9-22(20)23/h2-11,14,23-24H,12-13,15-16H2,1H3,(H,29,33)(H,30,34)(H,31,32). The van der Waals surface area contributed by atoms with Gasteiger partial charge in [0.2, 0.25) is 5.91 Å². The minimum Gasteiger partial charge on any atom is -0.481 e. The fraction of sp³-hybridized carbons (Fsp3) is 0.259. The van der Waals surface area contributed by atoms with Crippen molar-refractivity contribution < 1.29 is 24.2 Å². The summed E-state index contributed by atoms with van der Waals surface area (Å²) in [5.41, 5.74) is 6.03. The van der Waals surface area contributed by atoms with Crippen LogP contribution in [0.1, 0.15) is 41.1 Å². The largest absolute Gasteiger partial charge is 0.481 e. The minimum absolute atomic E-state index is 0.0628. The molecule has 8 heteroatoms. The third-order valence-corrected chi connectivity index (χ3v) is 6.02. The number of aromatic nitrogens is 1. The van der Waals surface area contributed by atoms with Crippen LogP contribution in [0.2, 0.25) is 0 Å². The van der Waals surface area contributed by atoms with E-state index in [2.05, 4.69) is 15.6 Å². The summed E-state index contributed by atoms with van der Waals surface area (Å²) in [7, 11) is 0. The minimum atomic E-state index is -1.06. The zero-order valence-electron chi connectivity index (χ0n) is 19.4. The lowest BCUT2D eigenvalue weighted by Crippen LogP contribution is -2.47. The average Bonchev–Trinajstić information content (AvgIpc) is 3.18. The first-order valence-corrected chi connectivity index (χ1v) is 11.4. The average molecular weight is 474 g/mol. The maximum Gasteiger partial charge on any atom is 0.407 e. The van der Waals surface area contributed by atoms with Crippen molar-refractivity contribution in [3.05, 3.63) is 89.2 Å². The summed E-state index contributed by atoms with van der Waals surface area (Å²) in [6, 6.07) is 18.6. The van der Waals surface area contributed by atoms with E-state index in [1.807, 2.05) is 61.5 Å². The quantitative estimate of drug-likeness (QED) is 0.435. The van der Waals surface area contributed by atoms with Crippen molar-refractivity contribution in [1.29, 1.82) is 0 Å². The fourth-order valence-electron chi connectivity index (χ4n) is 4.22. The number of rotatable bonds is 9. The van der Waals surface area contributed by atoms with Gasteiger partial charge < -0.3 is 20.5 Å². The van der Waals surface area contributed by atoms with Crippen LogP contribution in [0.25, 0.3) is 11.1 Å². The first kappa shape index (κ1) is 23.9. The molecule has 8 nitrogen and oxygen atoms in total. The Morgan fingerprint density at radius 2 is 1.66 bits per heavy atom. The number of carboxylic acids is 1. The van der Waals surface area contributed by atoms with Gasteiger partial charge in [-0.1, -0.05) is 54.6 Å². The van der Waals surface area contributed by atoms with Gasteiger partial charge in [0.05, 0.1) is 12.2 Å². The normalized spacial score (nSPS) is 12.8. The van der Waals surface area contributed by atoms with Crippen LogP contribution in [0.4, 0.5) is 4.79 Å². The van der Waals surface area contributed by atoms with E-state index < -0.39 is 24.0 Å². The molecule has 1 aliphatic carbocycles. The van der Waals surface area contributed by atoms with Gasteiger partial charge in [-0.25, -0.2) is 4.79 Å². The van der Waals surface area contributed by atoms with E-state index in [1.165, 1.54) is 0 Å². The van der Waals surface area contributed by atoms with E-state index >= 15 is 0 Å². The van der Waals surface area contributed by atoms with Gasteiger partial charge in [-0.15, -0.1) is 0 Å². The van der Waals surface area contributed by atoms with Gasteiger partial charge in [0, 0.05) is 18.5 Å². The molecule has 0 saturated heterocycles. The number of carboxylic acid groups (broad SMARTS) is 1. The highest BCUT2D eigenvalue weighted by molar-refractivity contribution is 5.86. The molecule has 180 valence electrons. The molecule has 1 aromatic heterocycles. The van der Waals surface area contributed by atoms with E-state index in [-0.39, 0.29) is 31.9 Å². The molecule has 2 amide bonds. The molecule has 0 fully saturated rings. The number of hydrogen-bond acceptors (Lipinski definition) is 5. The van der Waals surface area contributed by atoms with Crippen molar-refractivity contribution in [2.24, 2.45) is 0 Å². The Morgan fingerprint density at radius 3 is 2.26 bits per heavy atom. The van der Waals surface area contributed by atoms with Crippen LogP contribution in [0.3, 0.4) is 0 Å². The van der Waals surface area contributed by atoms with Crippen LogP contribution < -0.4 is 10.6 Å². The number of nitrogens with zero attached hydrogens (tertiary/aromatic N) is 1. The summed E-state index contributed by atoms with van der Waals surface area (Å²) in [5, 5.41) is 14.3. The number of nitrogens with one attached hydrogen (secondary N) is 2. The second kappa shape index (κ2) is 10.8. The SMILES string of the molecule is Cc1ccc(CNC(=O)C(CCC(=O)O)NC(=O)OCC2c3ccccc3-c3ccccc32)nc1. The Labute approximate surface area is 203 Å². The zero-order valence-corrected chi connectivity index (χ0v) is 19.4. The predicted molar refractivity (Wildman–Crippen MR) is 130 cm³/mol. The molecule has 0 saturated carbocycles. The van der Waals surface area contributed by atoms with E-state index in [0.29, 0.717) is 5.69 Å². The van der Waals surface area contributed by atoms with Crippen molar-refractivity contribution >= 4 is 18.0 Å². The first-order chi connectivity index (χ1) is 16.9. The molecule has 1 atom stereocenters. The van der Waals surface area contributed by atoms with Crippen LogP contribution in [-0.2, 0) is 20.9 Å². The Bertz CT molecular complexity index is 1180.